The fourth-order valence-electron chi connectivity index (χ4n) is 3.44. The number of aliphatic hydroxyl groups excluding tert-OH is 2. The van der Waals surface area contributed by atoms with Gasteiger partial charge in [0.1, 0.15) is 5.69 Å². The van der Waals surface area contributed by atoms with E-state index in [-0.39, 0.29) is 31.0 Å². The molecule has 29 heavy (non-hydrogen) atoms. The Labute approximate surface area is 165 Å². The van der Waals surface area contributed by atoms with Gasteiger partial charge in [-0.2, -0.15) is 13.2 Å². The van der Waals surface area contributed by atoms with Crippen LogP contribution in [0.5, 0.6) is 0 Å². The molecule has 156 valence electrons. The highest BCUT2D eigenvalue weighted by Gasteiger charge is 2.39. The molecular formula is C19H19F3N2O4S. The van der Waals surface area contributed by atoms with Gasteiger partial charge in [0, 0.05) is 11.6 Å². The van der Waals surface area contributed by atoms with Crippen molar-refractivity contribution >= 4 is 21.2 Å². The molecule has 1 heterocycles. The highest BCUT2D eigenvalue weighted by molar-refractivity contribution is 7.89. The van der Waals surface area contributed by atoms with Crippen LogP contribution in [0.4, 0.5) is 13.2 Å². The van der Waals surface area contributed by atoms with E-state index in [0.29, 0.717) is 22.3 Å². The lowest BCUT2D eigenvalue weighted by Crippen LogP contribution is -2.27. The van der Waals surface area contributed by atoms with Crippen LogP contribution >= 0.6 is 0 Å². The van der Waals surface area contributed by atoms with E-state index in [2.05, 4.69) is 4.98 Å². The van der Waals surface area contributed by atoms with Gasteiger partial charge < -0.3 is 10.2 Å². The molecule has 0 unspecified atom stereocenters. The van der Waals surface area contributed by atoms with Crippen molar-refractivity contribution < 1.29 is 31.8 Å². The standard InChI is InChI=1S/C19H19F3N2O4S/c20-19(21,22)17-6-3-13(9-24-17)16-8-18(10-25,11-26)7-15(16)12-1-4-14(5-2-12)29(23,27)28/h1-6,9,25-26H,7-8,10-11H2,(H2,23,27,28). The second-order valence-corrected chi connectivity index (χ2v) is 8.69. The van der Waals surface area contributed by atoms with Crippen LogP contribution in [0, 0.1) is 5.41 Å². The summed E-state index contributed by atoms with van der Waals surface area (Å²) in [6, 6.07) is 7.92. The Kier molecular flexibility index (Phi) is 5.56. The maximum absolute atomic E-state index is 12.8. The zero-order valence-corrected chi connectivity index (χ0v) is 16.0. The van der Waals surface area contributed by atoms with Gasteiger partial charge in [0.15, 0.2) is 0 Å². The van der Waals surface area contributed by atoms with E-state index in [1.165, 1.54) is 30.3 Å². The maximum Gasteiger partial charge on any atom is 0.433 e. The lowest BCUT2D eigenvalue weighted by molar-refractivity contribution is -0.141. The van der Waals surface area contributed by atoms with Crippen LogP contribution in [0.1, 0.15) is 29.7 Å². The highest BCUT2D eigenvalue weighted by atomic mass is 32.2. The zero-order chi connectivity index (χ0) is 21.4. The minimum atomic E-state index is -4.56. The Bertz CT molecular complexity index is 1030. The van der Waals surface area contributed by atoms with Crippen LogP contribution in [-0.4, -0.2) is 36.8 Å². The third-order valence-electron chi connectivity index (χ3n) is 5.07. The van der Waals surface area contributed by atoms with E-state index in [0.717, 1.165) is 12.3 Å². The molecule has 1 aromatic heterocycles. The molecule has 0 saturated heterocycles. The summed E-state index contributed by atoms with van der Waals surface area (Å²) in [5.41, 5.74) is 0.498. The Morgan fingerprint density at radius 1 is 0.966 bits per heavy atom. The molecule has 0 fully saturated rings. The highest BCUT2D eigenvalue weighted by Crippen LogP contribution is 2.49. The zero-order valence-electron chi connectivity index (χ0n) is 15.1. The third kappa shape index (κ3) is 4.35. The van der Waals surface area contributed by atoms with Crippen molar-refractivity contribution in [3.8, 4) is 0 Å². The lowest BCUT2D eigenvalue weighted by atomic mass is 9.84. The first-order chi connectivity index (χ1) is 13.5. The van der Waals surface area contributed by atoms with Gasteiger partial charge in [0.2, 0.25) is 10.0 Å². The summed E-state index contributed by atoms with van der Waals surface area (Å²) in [5, 5.41) is 24.7. The number of sulfonamides is 1. The number of allylic oxidation sites excluding steroid dienone is 2. The minimum absolute atomic E-state index is 0.0758. The van der Waals surface area contributed by atoms with E-state index >= 15 is 0 Å². The average Bonchev–Trinajstić information content (AvgIpc) is 3.07. The number of alkyl halides is 3. The summed E-state index contributed by atoms with van der Waals surface area (Å²) in [6.45, 7) is -0.639. The first kappa shape index (κ1) is 21.4. The molecule has 1 aliphatic carbocycles. The topological polar surface area (TPSA) is 114 Å². The van der Waals surface area contributed by atoms with Crippen molar-refractivity contribution in [2.45, 2.75) is 23.9 Å². The predicted octanol–water partition coefficient (Wildman–Crippen LogP) is 2.42. The van der Waals surface area contributed by atoms with Gasteiger partial charge in [-0.25, -0.2) is 13.6 Å². The molecule has 0 bridgehead atoms. The van der Waals surface area contributed by atoms with Gasteiger partial charge in [0.05, 0.1) is 18.1 Å². The van der Waals surface area contributed by atoms with Crippen molar-refractivity contribution in [2.24, 2.45) is 10.6 Å². The van der Waals surface area contributed by atoms with Crippen molar-refractivity contribution in [2.75, 3.05) is 13.2 Å². The molecule has 1 aromatic carbocycles. The second-order valence-electron chi connectivity index (χ2n) is 7.13. The first-order valence-electron chi connectivity index (χ1n) is 8.60. The Balaban J connectivity index is 2.08. The van der Waals surface area contributed by atoms with E-state index in [1.54, 1.807) is 0 Å². The van der Waals surface area contributed by atoms with Crippen molar-refractivity contribution in [1.82, 2.24) is 4.98 Å². The molecule has 0 saturated carbocycles. The lowest BCUT2D eigenvalue weighted by Gasteiger charge is -2.24. The normalized spacial score (nSPS) is 17.0. The Morgan fingerprint density at radius 2 is 1.48 bits per heavy atom. The molecule has 0 radical (unpaired) electrons. The summed E-state index contributed by atoms with van der Waals surface area (Å²) in [6.07, 6.45) is -2.94. The number of pyridine rings is 1. The number of aromatic nitrogens is 1. The number of nitrogens with two attached hydrogens (primary N) is 1. The molecule has 0 spiro atoms. The number of benzene rings is 1. The van der Waals surface area contributed by atoms with Crippen molar-refractivity contribution in [3.63, 3.8) is 0 Å². The summed E-state index contributed by atoms with van der Waals surface area (Å²) >= 11 is 0. The maximum atomic E-state index is 12.8. The number of aliphatic hydroxyl groups is 2. The van der Waals surface area contributed by atoms with Gasteiger partial charge in [-0.1, -0.05) is 18.2 Å². The largest absolute Gasteiger partial charge is 0.433 e. The van der Waals surface area contributed by atoms with Crippen LogP contribution in [0.2, 0.25) is 0 Å². The van der Waals surface area contributed by atoms with Crippen LogP contribution in [0.15, 0.2) is 47.5 Å². The van der Waals surface area contributed by atoms with Gasteiger partial charge in [-0.05, 0) is 53.3 Å². The van der Waals surface area contributed by atoms with E-state index in [1.807, 2.05) is 0 Å². The van der Waals surface area contributed by atoms with Crippen LogP contribution in [0.3, 0.4) is 0 Å². The first-order valence-corrected chi connectivity index (χ1v) is 10.1. The monoisotopic (exact) mass is 428 g/mol. The molecule has 2 aromatic rings. The number of halogens is 3. The molecule has 0 amide bonds. The minimum Gasteiger partial charge on any atom is -0.396 e. The van der Waals surface area contributed by atoms with Crippen LogP contribution in [-0.2, 0) is 16.2 Å². The smallest absolute Gasteiger partial charge is 0.396 e. The number of hydrogen-bond donors (Lipinski definition) is 3. The molecular weight excluding hydrogens is 409 g/mol. The van der Waals surface area contributed by atoms with Crippen LogP contribution < -0.4 is 5.14 Å². The van der Waals surface area contributed by atoms with Crippen molar-refractivity contribution in [1.29, 1.82) is 0 Å². The summed E-state index contributed by atoms with van der Waals surface area (Å²) < 4.78 is 61.3. The van der Waals surface area contributed by atoms with Crippen molar-refractivity contribution in [3.05, 3.63) is 59.4 Å². The molecule has 6 nitrogen and oxygen atoms in total. The SMILES string of the molecule is NS(=O)(=O)c1ccc(C2=C(c3ccc(C(F)(F)F)nc3)CC(CO)(CO)C2)cc1. The van der Waals surface area contributed by atoms with Gasteiger partial charge in [0.25, 0.3) is 0 Å². The quantitative estimate of drug-likeness (QED) is 0.677. The number of primary sulfonamides is 1. The fraction of sp³-hybridized carbons (Fsp3) is 0.316. The molecule has 3 rings (SSSR count). The molecule has 4 N–H and O–H groups in total. The number of hydrogen-bond acceptors (Lipinski definition) is 5. The van der Waals surface area contributed by atoms with Gasteiger partial charge in [-0.3, -0.25) is 4.98 Å². The average molecular weight is 428 g/mol. The van der Waals surface area contributed by atoms with Gasteiger partial charge >= 0.3 is 6.18 Å². The second kappa shape index (κ2) is 7.52. The van der Waals surface area contributed by atoms with E-state index < -0.39 is 27.3 Å². The predicted molar refractivity (Wildman–Crippen MR) is 99.7 cm³/mol. The number of nitrogens with zero attached hydrogens (tertiary/aromatic N) is 1. The van der Waals surface area contributed by atoms with E-state index in [4.69, 9.17) is 5.14 Å². The summed E-state index contributed by atoms with van der Waals surface area (Å²) in [7, 11) is -3.87. The molecule has 0 aliphatic heterocycles. The van der Waals surface area contributed by atoms with E-state index in [9.17, 15) is 31.8 Å². The Morgan fingerprint density at radius 3 is 1.90 bits per heavy atom. The fourth-order valence-corrected chi connectivity index (χ4v) is 3.95. The number of rotatable bonds is 5. The van der Waals surface area contributed by atoms with Gasteiger partial charge in [-0.15, -0.1) is 0 Å². The Hall–Kier alpha value is -2.27. The molecule has 10 heteroatoms. The molecule has 1 aliphatic rings. The third-order valence-corrected chi connectivity index (χ3v) is 6.00. The summed E-state index contributed by atoms with van der Waals surface area (Å²) in [4.78, 5) is 3.41. The molecule has 0 atom stereocenters. The van der Waals surface area contributed by atoms with Crippen LogP contribution in [0.25, 0.3) is 11.1 Å². The summed E-state index contributed by atoms with van der Waals surface area (Å²) in [5.74, 6) is 0.